The molecule has 3 heterocycles. The Morgan fingerprint density at radius 3 is 3.14 bits per heavy atom. The highest BCUT2D eigenvalue weighted by Crippen LogP contribution is 2.14. The Bertz CT molecular complexity index is 647. The van der Waals surface area contributed by atoms with E-state index < -0.39 is 0 Å². The van der Waals surface area contributed by atoms with E-state index in [0.29, 0.717) is 18.9 Å². The van der Waals surface area contributed by atoms with E-state index in [2.05, 4.69) is 20.1 Å². The molecule has 1 amide bonds. The molecule has 118 valence electrons. The van der Waals surface area contributed by atoms with Crippen molar-refractivity contribution in [1.82, 2.24) is 20.1 Å². The smallest absolute Gasteiger partial charge is 0.287 e. The third-order valence-electron chi connectivity index (χ3n) is 3.77. The van der Waals surface area contributed by atoms with Gasteiger partial charge in [0.1, 0.15) is 18.2 Å². The molecule has 2 aromatic rings. The second kappa shape index (κ2) is 6.74. The topological polar surface area (TPSA) is 82.2 Å². The zero-order chi connectivity index (χ0) is 15.4. The Kier molecular flexibility index (Phi) is 4.53. The normalized spacial score (nSPS) is 14.4. The summed E-state index contributed by atoms with van der Waals surface area (Å²) in [6.07, 6.45) is 4.45. The van der Waals surface area contributed by atoms with Crippen LogP contribution in [0.2, 0.25) is 0 Å². The highest BCUT2D eigenvalue weighted by atomic mass is 16.5. The molecule has 3 rings (SSSR count). The molecule has 0 fully saturated rings. The van der Waals surface area contributed by atoms with Crippen molar-refractivity contribution in [2.45, 2.75) is 45.4 Å². The van der Waals surface area contributed by atoms with Crippen molar-refractivity contribution in [3.05, 3.63) is 35.3 Å². The predicted octanol–water partition coefficient (Wildman–Crippen LogP) is 1.67. The number of ether oxygens (including phenoxy) is 1. The maximum absolute atomic E-state index is 12.1. The third-order valence-corrected chi connectivity index (χ3v) is 3.77. The SMILES string of the molecule is COCc1ccc(C(=O)NCc2nnc3n2CCCCC3)o1. The summed E-state index contributed by atoms with van der Waals surface area (Å²) in [5.74, 6) is 2.47. The van der Waals surface area contributed by atoms with Gasteiger partial charge in [-0.25, -0.2) is 0 Å². The van der Waals surface area contributed by atoms with Crippen molar-refractivity contribution in [3.8, 4) is 0 Å². The lowest BCUT2D eigenvalue weighted by Crippen LogP contribution is -2.24. The van der Waals surface area contributed by atoms with Crippen molar-refractivity contribution in [2.75, 3.05) is 7.11 Å². The molecule has 0 aromatic carbocycles. The first kappa shape index (κ1) is 14.8. The second-order valence-corrected chi connectivity index (χ2v) is 5.38. The molecule has 0 saturated carbocycles. The van der Waals surface area contributed by atoms with Gasteiger partial charge in [-0.2, -0.15) is 0 Å². The van der Waals surface area contributed by atoms with Gasteiger partial charge in [0.15, 0.2) is 11.6 Å². The number of rotatable bonds is 5. The van der Waals surface area contributed by atoms with E-state index in [4.69, 9.17) is 9.15 Å². The van der Waals surface area contributed by atoms with Crippen molar-refractivity contribution in [2.24, 2.45) is 0 Å². The number of aryl methyl sites for hydroxylation is 1. The van der Waals surface area contributed by atoms with Gasteiger partial charge < -0.3 is 19.0 Å². The van der Waals surface area contributed by atoms with Gasteiger partial charge in [0.25, 0.3) is 5.91 Å². The summed E-state index contributed by atoms with van der Waals surface area (Å²) >= 11 is 0. The van der Waals surface area contributed by atoms with E-state index in [0.717, 1.165) is 37.5 Å². The van der Waals surface area contributed by atoms with Crippen LogP contribution in [0.4, 0.5) is 0 Å². The molecule has 1 N–H and O–H groups in total. The summed E-state index contributed by atoms with van der Waals surface area (Å²) in [6.45, 7) is 1.63. The molecule has 0 unspecified atom stereocenters. The average Bonchev–Trinajstić information content (AvgIpc) is 3.07. The fraction of sp³-hybridized carbons (Fsp3) is 0.533. The number of methoxy groups -OCH3 is 1. The summed E-state index contributed by atoms with van der Waals surface area (Å²) in [5, 5.41) is 11.2. The van der Waals surface area contributed by atoms with Gasteiger partial charge in [0.2, 0.25) is 0 Å². The molecule has 0 radical (unpaired) electrons. The molecule has 1 aliphatic rings. The van der Waals surface area contributed by atoms with Crippen LogP contribution in [0, 0.1) is 0 Å². The number of hydrogen-bond acceptors (Lipinski definition) is 5. The van der Waals surface area contributed by atoms with Crippen molar-refractivity contribution < 1.29 is 13.9 Å². The zero-order valence-corrected chi connectivity index (χ0v) is 12.7. The van der Waals surface area contributed by atoms with Gasteiger partial charge in [0.05, 0.1) is 6.54 Å². The second-order valence-electron chi connectivity index (χ2n) is 5.38. The Labute approximate surface area is 128 Å². The monoisotopic (exact) mass is 304 g/mol. The average molecular weight is 304 g/mol. The predicted molar refractivity (Wildman–Crippen MR) is 78.2 cm³/mol. The summed E-state index contributed by atoms with van der Waals surface area (Å²) < 4.78 is 12.5. The highest BCUT2D eigenvalue weighted by Gasteiger charge is 2.16. The minimum Gasteiger partial charge on any atom is -0.453 e. The van der Waals surface area contributed by atoms with Crippen LogP contribution in [-0.2, 0) is 30.9 Å². The van der Waals surface area contributed by atoms with Gasteiger partial charge in [-0.3, -0.25) is 4.79 Å². The number of amides is 1. The Balaban J connectivity index is 1.62. The van der Waals surface area contributed by atoms with E-state index in [1.807, 2.05) is 0 Å². The van der Waals surface area contributed by atoms with Crippen LogP contribution >= 0.6 is 0 Å². The Hall–Kier alpha value is -2.15. The van der Waals surface area contributed by atoms with Crippen LogP contribution in [0.25, 0.3) is 0 Å². The molecule has 0 aliphatic carbocycles. The van der Waals surface area contributed by atoms with Crippen LogP contribution < -0.4 is 5.32 Å². The largest absolute Gasteiger partial charge is 0.453 e. The minimum absolute atomic E-state index is 0.256. The molecular formula is C15H20N4O3. The third kappa shape index (κ3) is 3.19. The van der Waals surface area contributed by atoms with Gasteiger partial charge in [-0.15, -0.1) is 10.2 Å². The van der Waals surface area contributed by atoms with Crippen molar-refractivity contribution in [1.29, 1.82) is 0 Å². The standard InChI is InChI=1S/C15H20N4O3/c1-21-10-11-6-7-12(22-11)15(20)16-9-14-18-17-13-5-3-2-4-8-19(13)14/h6-7H,2-5,8-10H2,1H3,(H,16,20). The Morgan fingerprint density at radius 2 is 2.27 bits per heavy atom. The first-order valence-electron chi connectivity index (χ1n) is 7.54. The van der Waals surface area contributed by atoms with Gasteiger partial charge in [-0.1, -0.05) is 6.42 Å². The highest BCUT2D eigenvalue weighted by molar-refractivity contribution is 5.91. The molecule has 1 aliphatic heterocycles. The number of nitrogens with zero attached hydrogens (tertiary/aromatic N) is 3. The quantitative estimate of drug-likeness (QED) is 0.908. The van der Waals surface area contributed by atoms with E-state index in [-0.39, 0.29) is 11.7 Å². The van der Waals surface area contributed by atoms with Crippen LogP contribution in [-0.4, -0.2) is 27.8 Å². The first-order chi connectivity index (χ1) is 10.8. The number of furan rings is 1. The zero-order valence-electron chi connectivity index (χ0n) is 12.7. The fourth-order valence-corrected chi connectivity index (χ4v) is 2.64. The van der Waals surface area contributed by atoms with Crippen LogP contribution in [0.3, 0.4) is 0 Å². The fourth-order valence-electron chi connectivity index (χ4n) is 2.64. The number of hydrogen-bond donors (Lipinski definition) is 1. The van der Waals surface area contributed by atoms with Crippen molar-refractivity contribution in [3.63, 3.8) is 0 Å². The van der Waals surface area contributed by atoms with Gasteiger partial charge >= 0.3 is 0 Å². The first-order valence-corrected chi connectivity index (χ1v) is 7.54. The molecule has 7 nitrogen and oxygen atoms in total. The van der Waals surface area contributed by atoms with Gasteiger partial charge in [-0.05, 0) is 25.0 Å². The number of aromatic nitrogens is 3. The van der Waals surface area contributed by atoms with E-state index in [1.54, 1.807) is 19.2 Å². The Morgan fingerprint density at radius 1 is 1.36 bits per heavy atom. The lowest BCUT2D eigenvalue weighted by Gasteiger charge is -2.07. The van der Waals surface area contributed by atoms with Crippen LogP contribution in [0.15, 0.2) is 16.5 Å². The number of fused-ring (bicyclic) bond motifs is 1. The molecule has 7 heteroatoms. The summed E-state index contributed by atoms with van der Waals surface area (Å²) in [4.78, 5) is 12.1. The van der Waals surface area contributed by atoms with E-state index >= 15 is 0 Å². The van der Waals surface area contributed by atoms with Gasteiger partial charge in [0, 0.05) is 20.1 Å². The molecule has 2 aromatic heterocycles. The summed E-state index contributed by atoms with van der Waals surface area (Å²) in [6, 6.07) is 3.38. The molecule has 0 atom stereocenters. The number of carbonyl (C=O) groups excluding carboxylic acids is 1. The number of nitrogens with one attached hydrogen (secondary N) is 1. The maximum Gasteiger partial charge on any atom is 0.287 e. The summed E-state index contributed by atoms with van der Waals surface area (Å²) in [5.41, 5.74) is 0. The molecular weight excluding hydrogens is 284 g/mol. The molecule has 0 saturated heterocycles. The van der Waals surface area contributed by atoms with Crippen LogP contribution in [0.5, 0.6) is 0 Å². The number of carbonyl (C=O) groups is 1. The van der Waals surface area contributed by atoms with Crippen LogP contribution in [0.1, 0.15) is 47.2 Å². The summed E-state index contributed by atoms with van der Waals surface area (Å²) in [7, 11) is 1.58. The lowest BCUT2D eigenvalue weighted by atomic mass is 10.2. The van der Waals surface area contributed by atoms with E-state index in [1.165, 1.54) is 6.42 Å². The maximum atomic E-state index is 12.1. The minimum atomic E-state index is -0.256. The molecule has 0 bridgehead atoms. The lowest BCUT2D eigenvalue weighted by molar-refractivity contribution is 0.0913. The molecule has 22 heavy (non-hydrogen) atoms. The molecule has 0 spiro atoms. The van der Waals surface area contributed by atoms with E-state index in [9.17, 15) is 4.79 Å². The van der Waals surface area contributed by atoms with Crippen molar-refractivity contribution >= 4 is 5.91 Å².